The van der Waals surface area contributed by atoms with E-state index < -0.39 is 5.97 Å². The fraction of sp³-hybridized carbons (Fsp3) is 0.765. The number of carboxylic acids is 1. The zero-order valence-electron chi connectivity index (χ0n) is 14.1. The van der Waals surface area contributed by atoms with E-state index in [0.717, 1.165) is 31.7 Å². The summed E-state index contributed by atoms with van der Waals surface area (Å²) in [6.45, 7) is 0.870. The van der Waals surface area contributed by atoms with E-state index in [2.05, 4.69) is 10.3 Å². The predicted octanol–water partition coefficient (Wildman–Crippen LogP) is 2.33. The summed E-state index contributed by atoms with van der Waals surface area (Å²) in [7, 11) is 0. The Morgan fingerprint density at radius 1 is 1.12 bits per heavy atom. The molecule has 1 N–H and O–H groups in total. The molecule has 3 rings (SSSR count). The van der Waals surface area contributed by atoms with Crippen molar-refractivity contribution < 1.29 is 14.7 Å². The summed E-state index contributed by atoms with van der Waals surface area (Å²) < 4.78 is 1.32. The van der Waals surface area contributed by atoms with Gasteiger partial charge in [-0.3, -0.25) is 4.79 Å². The van der Waals surface area contributed by atoms with Crippen LogP contribution in [-0.2, 0) is 11.3 Å². The monoisotopic (exact) mass is 334 g/mol. The van der Waals surface area contributed by atoms with Crippen molar-refractivity contribution in [3.05, 3.63) is 11.9 Å². The Labute approximate surface area is 142 Å². The van der Waals surface area contributed by atoms with Crippen LogP contribution in [0.15, 0.2) is 6.20 Å². The third-order valence-electron chi connectivity index (χ3n) is 5.39. The molecule has 132 valence electrons. The molecule has 1 saturated heterocycles. The summed E-state index contributed by atoms with van der Waals surface area (Å²) in [6, 6.07) is 0.335. The number of likely N-dealkylation sites (tertiary alicyclic amines) is 1. The highest BCUT2D eigenvalue weighted by Crippen LogP contribution is 2.30. The summed E-state index contributed by atoms with van der Waals surface area (Å²) in [5.41, 5.74) is -0.127. The molecule has 24 heavy (non-hydrogen) atoms. The Hall–Kier alpha value is -1.92. The van der Waals surface area contributed by atoms with Gasteiger partial charge in [0.2, 0.25) is 5.91 Å². The first kappa shape index (κ1) is 16.9. The van der Waals surface area contributed by atoms with Crippen molar-refractivity contribution in [3.8, 4) is 0 Å². The van der Waals surface area contributed by atoms with Gasteiger partial charge in [-0.15, -0.1) is 5.10 Å². The van der Waals surface area contributed by atoms with E-state index in [1.165, 1.54) is 49.4 Å². The molecule has 1 saturated carbocycles. The first-order valence-electron chi connectivity index (χ1n) is 9.06. The number of nitrogens with zero attached hydrogens (tertiary/aromatic N) is 4. The van der Waals surface area contributed by atoms with Crippen molar-refractivity contribution in [3.63, 3.8) is 0 Å². The Morgan fingerprint density at radius 2 is 1.92 bits per heavy atom. The molecular weight excluding hydrogens is 308 g/mol. The zero-order valence-corrected chi connectivity index (χ0v) is 14.1. The molecule has 2 aliphatic rings. The molecule has 0 spiro atoms. The van der Waals surface area contributed by atoms with E-state index in [-0.39, 0.29) is 18.1 Å². The smallest absolute Gasteiger partial charge is 0.358 e. The Kier molecular flexibility index (Phi) is 5.48. The number of aromatic nitrogens is 3. The average molecular weight is 334 g/mol. The first-order valence-corrected chi connectivity index (χ1v) is 9.06. The average Bonchev–Trinajstić information content (AvgIpc) is 3.23. The van der Waals surface area contributed by atoms with Crippen molar-refractivity contribution in [2.75, 3.05) is 6.54 Å². The maximum Gasteiger partial charge on any atom is 0.358 e. The maximum absolute atomic E-state index is 12.5. The zero-order chi connectivity index (χ0) is 16.9. The van der Waals surface area contributed by atoms with Gasteiger partial charge >= 0.3 is 5.97 Å². The summed E-state index contributed by atoms with van der Waals surface area (Å²) in [4.78, 5) is 25.3. The minimum Gasteiger partial charge on any atom is -0.476 e. The standard InChI is InChI=1S/C17H26N4O3/c22-16(12-20-11-15(17(23)24)18-19-20)21-10-4-7-14(21)9-8-13-5-2-1-3-6-13/h11,13-14H,1-10,12H2,(H,23,24). The van der Waals surface area contributed by atoms with E-state index in [1.54, 1.807) is 0 Å². The van der Waals surface area contributed by atoms with Crippen LogP contribution in [-0.4, -0.2) is 49.5 Å². The number of hydrogen-bond donors (Lipinski definition) is 1. The molecule has 1 aliphatic carbocycles. The quantitative estimate of drug-likeness (QED) is 0.862. The number of carbonyl (C=O) groups is 2. The van der Waals surface area contributed by atoms with Gasteiger partial charge < -0.3 is 10.0 Å². The molecule has 1 aliphatic heterocycles. The van der Waals surface area contributed by atoms with Gasteiger partial charge in [0, 0.05) is 12.6 Å². The van der Waals surface area contributed by atoms with Crippen LogP contribution in [0.1, 0.15) is 68.3 Å². The maximum atomic E-state index is 12.5. The molecule has 1 aromatic heterocycles. The van der Waals surface area contributed by atoms with Crippen LogP contribution in [0, 0.1) is 5.92 Å². The normalized spacial score (nSPS) is 22.0. The van der Waals surface area contributed by atoms with Crippen molar-refractivity contribution in [2.24, 2.45) is 5.92 Å². The molecule has 2 fully saturated rings. The Balaban J connectivity index is 1.51. The molecule has 7 nitrogen and oxygen atoms in total. The number of carbonyl (C=O) groups excluding carboxylic acids is 1. The number of hydrogen-bond acceptors (Lipinski definition) is 4. The van der Waals surface area contributed by atoms with Crippen molar-refractivity contribution in [2.45, 2.75) is 70.4 Å². The van der Waals surface area contributed by atoms with Crippen LogP contribution >= 0.6 is 0 Å². The minimum absolute atomic E-state index is 0.0167. The topological polar surface area (TPSA) is 88.3 Å². The van der Waals surface area contributed by atoms with Crippen molar-refractivity contribution >= 4 is 11.9 Å². The highest BCUT2D eigenvalue weighted by molar-refractivity contribution is 5.84. The summed E-state index contributed by atoms with van der Waals surface area (Å²) in [5.74, 6) is -0.270. The van der Waals surface area contributed by atoms with Gasteiger partial charge in [-0.05, 0) is 31.6 Å². The second kappa shape index (κ2) is 7.77. The lowest BCUT2D eigenvalue weighted by molar-refractivity contribution is -0.133. The molecule has 7 heteroatoms. The van der Waals surface area contributed by atoms with Gasteiger partial charge in [0.05, 0.1) is 6.20 Å². The van der Waals surface area contributed by atoms with E-state index in [1.807, 2.05) is 4.90 Å². The Bertz CT molecular complexity index is 580. The molecule has 0 radical (unpaired) electrons. The lowest BCUT2D eigenvalue weighted by atomic mass is 9.85. The molecule has 1 unspecified atom stereocenters. The summed E-state index contributed by atoms with van der Waals surface area (Å²) in [5, 5.41) is 16.2. The van der Waals surface area contributed by atoms with E-state index >= 15 is 0 Å². The van der Waals surface area contributed by atoms with Crippen LogP contribution < -0.4 is 0 Å². The van der Waals surface area contributed by atoms with Gasteiger partial charge in [-0.1, -0.05) is 37.3 Å². The number of aromatic carboxylic acids is 1. The second-order valence-electron chi connectivity index (χ2n) is 7.07. The molecule has 2 heterocycles. The van der Waals surface area contributed by atoms with Crippen LogP contribution in [0.5, 0.6) is 0 Å². The largest absolute Gasteiger partial charge is 0.476 e. The van der Waals surface area contributed by atoms with E-state index in [0.29, 0.717) is 6.04 Å². The van der Waals surface area contributed by atoms with Crippen LogP contribution in [0.4, 0.5) is 0 Å². The third-order valence-corrected chi connectivity index (χ3v) is 5.39. The fourth-order valence-electron chi connectivity index (χ4n) is 4.07. The highest BCUT2D eigenvalue weighted by atomic mass is 16.4. The summed E-state index contributed by atoms with van der Waals surface area (Å²) in [6.07, 6.45) is 12.5. The van der Waals surface area contributed by atoms with Gasteiger partial charge in [0.1, 0.15) is 6.54 Å². The lowest BCUT2D eigenvalue weighted by Crippen LogP contribution is -2.38. The molecular formula is C17H26N4O3. The van der Waals surface area contributed by atoms with Crippen molar-refractivity contribution in [1.29, 1.82) is 0 Å². The molecule has 1 atom stereocenters. The van der Waals surface area contributed by atoms with E-state index in [4.69, 9.17) is 5.11 Å². The minimum atomic E-state index is -1.12. The Morgan fingerprint density at radius 3 is 2.62 bits per heavy atom. The molecule has 1 amide bonds. The lowest BCUT2D eigenvalue weighted by Gasteiger charge is -2.27. The number of carboxylic acid groups (broad SMARTS) is 1. The third kappa shape index (κ3) is 4.13. The fourth-order valence-corrected chi connectivity index (χ4v) is 4.07. The first-order chi connectivity index (χ1) is 11.6. The predicted molar refractivity (Wildman–Crippen MR) is 87.5 cm³/mol. The van der Waals surface area contributed by atoms with Crippen LogP contribution in [0.2, 0.25) is 0 Å². The SMILES string of the molecule is O=C(O)c1cn(CC(=O)N2CCCC2CCC2CCCCC2)nn1. The molecule has 0 bridgehead atoms. The van der Waals surface area contributed by atoms with Crippen LogP contribution in [0.25, 0.3) is 0 Å². The second-order valence-corrected chi connectivity index (χ2v) is 7.07. The molecule has 1 aromatic rings. The van der Waals surface area contributed by atoms with E-state index in [9.17, 15) is 9.59 Å². The van der Waals surface area contributed by atoms with Crippen molar-refractivity contribution in [1.82, 2.24) is 19.9 Å². The van der Waals surface area contributed by atoms with Crippen LogP contribution in [0.3, 0.4) is 0 Å². The number of amides is 1. The number of rotatable bonds is 6. The molecule has 0 aromatic carbocycles. The van der Waals surface area contributed by atoms with Gasteiger partial charge in [0.15, 0.2) is 5.69 Å². The van der Waals surface area contributed by atoms with Gasteiger partial charge in [0.25, 0.3) is 0 Å². The highest BCUT2D eigenvalue weighted by Gasteiger charge is 2.29. The van der Waals surface area contributed by atoms with Gasteiger partial charge in [-0.2, -0.15) is 0 Å². The summed E-state index contributed by atoms with van der Waals surface area (Å²) >= 11 is 0. The van der Waals surface area contributed by atoms with Gasteiger partial charge in [-0.25, -0.2) is 9.48 Å².